The number of esters is 1. The highest BCUT2D eigenvalue weighted by Gasteiger charge is 2.25. The van der Waals surface area contributed by atoms with E-state index in [9.17, 15) is 9.59 Å². The Hall–Kier alpha value is -2.38. The quantitative estimate of drug-likeness (QED) is 0.828. The van der Waals surface area contributed by atoms with Crippen LogP contribution in [-0.2, 0) is 14.3 Å². The summed E-state index contributed by atoms with van der Waals surface area (Å²) >= 11 is 0. The van der Waals surface area contributed by atoms with Crippen LogP contribution in [0, 0.1) is 0 Å². The molecule has 0 unspecified atom stereocenters. The zero-order chi connectivity index (χ0) is 18.0. The molecule has 25 heavy (non-hydrogen) atoms. The molecular weight excluding hydrogens is 322 g/mol. The number of hydrogen-bond acceptors (Lipinski definition) is 5. The fraction of sp³-hybridized carbons (Fsp3) is 0.444. The summed E-state index contributed by atoms with van der Waals surface area (Å²) < 4.78 is 10.5. The smallest absolute Gasteiger partial charge is 0.356 e. The summed E-state index contributed by atoms with van der Waals surface area (Å²) in [5.41, 5.74) is 1.48. The first-order valence-corrected chi connectivity index (χ1v) is 8.34. The number of rotatable bonds is 4. The maximum absolute atomic E-state index is 12.5. The van der Waals surface area contributed by atoms with Gasteiger partial charge in [0.05, 0.1) is 31.5 Å². The SMILES string of the molecule is COC(=O)c1[nH]c2ccccc2c1NC(=O)CN1C[C@H](C)O[C@@H](C)C1. The van der Waals surface area contributed by atoms with Crippen LogP contribution in [0.25, 0.3) is 10.9 Å². The molecule has 1 saturated heterocycles. The molecule has 1 aromatic carbocycles. The third-order valence-electron chi connectivity index (χ3n) is 4.22. The number of hydrogen-bond donors (Lipinski definition) is 2. The van der Waals surface area contributed by atoms with E-state index in [1.807, 2.05) is 38.1 Å². The lowest BCUT2D eigenvalue weighted by molar-refractivity contribution is -0.121. The Morgan fingerprint density at radius 2 is 1.96 bits per heavy atom. The van der Waals surface area contributed by atoms with Gasteiger partial charge in [-0.25, -0.2) is 4.79 Å². The molecule has 0 radical (unpaired) electrons. The van der Waals surface area contributed by atoms with Crippen LogP contribution >= 0.6 is 0 Å². The molecular formula is C18H23N3O4. The van der Waals surface area contributed by atoms with Crippen molar-refractivity contribution in [2.45, 2.75) is 26.1 Å². The number of morpholine rings is 1. The second kappa shape index (κ2) is 7.25. The average Bonchev–Trinajstić information content (AvgIpc) is 2.92. The standard InChI is InChI=1S/C18H23N3O4/c1-11-8-21(9-12(2)25-11)10-15(22)20-16-13-6-4-5-7-14(13)19-17(16)18(23)24-3/h4-7,11-12,19H,8-10H2,1-3H3,(H,20,22)/t11-,12-/m0/s1. The molecule has 1 aliphatic rings. The van der Waals surface area contributed by atoms with Crippen molar-refractivity contribution in [3.05, 3.63) is 30.0 Å². The van der Waals surface area contributed by atoms with E-state index in [-0.39, 0.29) is 30.4 Å². The Balaban J connectivity index is 1.79. The second-order valence-electron chi connectivity index (χ2n) is 6.41. The van der Waals surface area contributed by atoms with E-state index >= 15 is 0 Å². The highest BCUT2D eigenvalue weighted by molar-refractivity contribution is 6.11. The molecule has 0 aliphatic carbocycles. The zero-order valence-electron chi connectivity index (χ0n) is 14.7. The van der Waals surface area contributed by atoms with Crippen LogP contribution < -0.4 is 5.32 Å². The molecule has 1 aromatic heterocycles. The molecule has 2 aromatic rings. The van der Waals surface area contributed by atoms with Gasteiger partial charge in [0.1, 0.15) is 5.69 Å². The molecule has 2 atom stereocenters. The van der Waals surface area contributed by atoms with Gasteiger partial charge < -0.3 is 19.8 Å². The van der Waals surface area contributed by atoms with E-state index in [1.165, 1.54) is 7.11 Å². The van der Waals surface area contributed by atoms with Crippen molar-refractivity contribution >= 4 is 28.5 Å². The number of para-hydroxylation sites is 1. The van der Waals surface area contributed by atoms with Gasteiger partial charge in [0.15, 0.2) is 0 Å². The molecule has 1 fully saturated rings. The third-order valence-corrected chi connectivity index (χ3v) is 4.22. The first-order valence-electron chi connectivity index (χ1n) is 8.34. The van der Waals surface area contributed by atoms with Crippen LogP contribution in [0.1, 0.15) is 24.3 Å². The highest BCUT2D eigenvalue weighted by Crippen LogP contribution is 2.28. The predicted octanol–water partition coefficient (Wildman–Crippen LogP) is 2.00. The van der Waals surface area contributed by atoms with Crippen molar-refractivity contribution in [3.63, 3.8) is 0 Å². The summed E-state index contributed by atoms with van der Waals surface area (Å²) in [6.07, 6.45) is 0.186. The van der Waals surface area contributed by atoms with Gasteiger partial charge in [0, 0.05) is 24.0 Å². The Bertz CT molecular complexity index is 776. The molecule has 2 heterocycles. The summed E-state index contributed by atoms with van der Waals surface area (Å²) in [7, 11) is 1.32. The summed E-state index contributed by atoms with van der Waals surface area (Å²) in [6, 6.07) is 7.43. The minimum absolute atomic E-state index is 0.0928. The van der Waals surface area contributed by atoms with Gasteiger partial charge in [-0.1, -0.05) is 18.2 Å². The number of aromatic nitrogens is 1. The van der Waals surface area contributed by atoms with Gasteiger partial charge in [0.25, 0.3) is 0 Å². The summed E-state index contributed by atoms with van der Waals surface area (Å²) in [4.78, 5) is 29.6. The second-order valence-corrected chi connectivity index (χ2v) is 6.41. The predicted molar refractivity (Wildman–Crippen MR) is 94.7 cm³/mol. The number of nitrogens with zero attached hydrogens (tertiary/aromatic N) is 1. The van der Waals surface area contributed by atoms with Crippen LogP contribution in [-0.4, -0.2) is 60.7 Å². The number of aromatic amines is 1. The number of fused-ring (bicyclic) bond motifs is 1. The molecule has 0 spiro atoms. The van der Waals surface area contributed by atoms with Gasteiger partial charge in [-0.3, -0.25) is 9.69 Å². The third kappa shape index (κ3) is 3.83. The summed E-state index contributed by atoms with van der Waals surface area (Å²) in [5, 5.41) is 3.65. The van der Waals surface area contributed by atoms with Crippen molar-refractivity contribution in [2.75, 3.05) is 32.1 Å². The molecule has 134 valence electrons. The van der Waals surface area contributed by atoms with Gasteiger partial charge in [-0.15, -0.1) is 0 Å². The first kappa shape index (κ1) is 17.4. The number of carbonyl (C=O) groups is 2. The van der Waals surface area contributed by atoms with Crippen LogP contribution in [0.15, 0.2) is 24.3 Å². The van der Waals surface area contributed by atoms with E-state index < -0.39 is 5.97 Å². The van der Waals surface area contributed by atoms with Crippen LogP contribution in [0.3, 0.4) is 0 Å². The van der Waals surface area contributed by atoms with Gasteiger partial charge in [-0.05, 0) is 19.9 Å². The number of anilines is 1. The number of carbonyl (C=O) groups excluding carboxylic acids is 2. The normalized spacial score (nSPS) is 21.2. The zero-order valence-corrected chi connectivity index (χ0v) is 14.7. The van der Waals surface area contributed by atoms with Crippen LogP contribution in [0.5, 0.6) is 0 Å². The lowest BCUT2D eigenvalue weighted by Gasteiger charge is -2.34. The number of nitrogens with one attached hydrogen (secondary N) is 2. The lowest BCUT2D eigenvalue weighted by Crippen LogP contribution is -2.48. The van der Waals surface area contributed by atoms with E-state index in [2.05, 4.69) is 15.2 Å². The Morgan fingerprint density at radius 3 is 2.64 bits per heavy atom. The van der Waals surface area contributed by atoms with Crippen LogP contribution in [0.4, 0.5) is 5.69 Å². The number of ether oxygens (including phenoxy) is 2. The first-order chi connectivity index (χ1) is 12.0. The molecule has 1 aliphatic heterocycles. The molecule has 1 amide bonds. The van der Waals surface area contributed by atoms with E-state index in [0.29, 0.717) is 18.8 Å². The highest BCUT2D eigenvalue weighted by atomic mass is 16.5. The van der Waals surface area contributed by atoms with E-state index in [1.54, 1.807) is 0 Å². The number of H-pyrrole nitrogens is 1. The van der Waals surface area contributed by atoms with Crippen molar-refractivity contribution < 1.29 is 19.1 Å². The number of benzene rings is 1. The van der Waals surface area contributed by atoms with Crippen LogP contribution in [0.2, 0.25) is 0 Å². The Morgan fingerprint density at radius 1 is 1.28 bits per heavy atom. The van der Waals surface area contributed by atoms with Gasteiger partial charge in [0.2, 0.25) is 5.91 Å². The molecule has 0 bridgehead atoms. The van der Waals surface area contributed by atoms with Crippen molar-refractivity contribution in [1.82, 2.24) is 9.88 Å². The summed E-state index contributed by atoms with van der Waals surface area (Å²) in [6.45, 7) is 5.65. The molecule has 7 nitrogen and oxygen atoms in total. The van der Waals surface area contributed by atoms with Gasteiger partial charge >= 0.3 is 5.97 Å². The minimum atomic E-state index is -0.514. The molecule has 7 heteroatoms. The number of methoxy groups -OCH3 is 1. The Kier molecular flexibility index (Phi) is 5.06. The topological polar surface area (TPSA) is 83.7 Å². The van der Waals surface area contributed by atoms with Crippen molar-refractivity contribution in [1.29, 1.82) is 0 Å². The number of amides is 1. The maximum atomic E-state index is 12.5. The van der Waals surface area contributed by atoms with E-state index in [0.717, 1.165) is 10.9 Å². The van der Waals surface area contributed by atoms with E-state index in [4.69, 9.17) is 9.47 Å². The average molecular weight is 345 g/mol. The fourth-order valence-corrected chi connectivity index (χ4v) is 3.32. The van der Waals surface area contributed by atoms with Crippen molar-refractivity contribution in [2.24, 2.45) is 0 Å². The summed E-state index contributed by atoms with van der Waals surface area (Å²) in [5.74, 6) is -0.684. The maximum Gasteiger partial charge on any atom is 0.356 e. The molecule has 3 rings (SSSR count). The lowest BCUT2D eigenvalue weighted by atomic mass is 10.2. The van der Waals surface area contributed by atoms with Gasteiger partial charge in [-0.2, -0.15) is 0 Å². The monoisotopic (exact) mass is 345 g/mol. The molecule has 0 saturated carbocycles. The van der Waals surface area contributed by atoms with Crippen molar-refractivity contribution in [3.8, 4) is 0 Å². The molecule has 2 N–H and O–H groups in total. The minimum Gasteiger partial charge on any atom is -0.464 e. The fourth-order valence-electron chi connectivity index (χ4n) is 3.32. The Labute approximate surface area is 146 Å². The largest absolute Gasteiger partial charge is 0.464 e.